The average Bonchev–Trinajstić information content (AvgIpc) is 3.50. The van der Waals surface area contributed by atoms with Crippen LogP contribution in [0, 0.1) is 0 Å². The summed E-state index contributed by atoms with van der Waals surface area (Å²) in [5.74, 6) is 1.38. The number of rotatable bonds is 6. The number of nitrogens with one attached hydrogen (secondary N) is 4. The van der Waals surface area contributed by atoms with E-state index in [0.29, 0.717) is 11.9 Å². The van der Waals surface area contributed by atoms with Crippen LogP contribution in [0.15, 0.2) is 57.1 Å². The molecule has 0 amide bonds. The van der Waals surface area contributed by atoms with Crippen LogP contribution in [-0.4, -0.2) is 50.5 Å². The van der Waals surface area contributed by atoms with Gasteiger partial charge in [-0.3, -0.25) is 0 Å². The number of hydrazone groups is 2. The van der Waals surface area contributed by atoms with Crippen LogP contribution >= 0.6 is 0 Å². The predicted molar refractivity (Wildman–Crippen MR) is 131 cm³/mol. The number of hydrogen-bond donors (Lipinski definition) is 4. The van der Waals surface area contributed by atoms with Crippen LogP contribution < -0.4 is 21.5 Å². The van der Waals surface area contributed by atoms with E-state index >= 15 is 0 Å². The van der Waals surface area contributed by atoms with Gasteiger partial charge in [-0.1, -0.05) is 49.1 Å². The molecule has 158 valence electrons. The topological polar surface area (TPSA) is 97.6 Å². The largest absolute Gasteiger partial charge is 0.353 e. The van der Waals surface area contributed by atoms with Gasteiger partial charge in [-0.15, -0.1) is 0 Å². The van der Waals surface area contributed by atoms with Gasteiger partial charge in [0.05, 0.1) is 25.5 Å². The maximum Gasteiger partial charge on any atom is 0.212 e. The lowest BCUT2D eigenvalue weighted by molar-refractivity contribution is 0.919. The molecule has 4 rings (SSSR count). The zero-order chi connectivity index (χ0) is 21.5. The first kappa shape index (κ1) is 20.3. The standard InChI is InChI=1S/C23H26N8/c1-3-7-17-16(4-2)20(14-28-30-22-24-10-11-25-22)18-8-5-6-9-19(18)21(17)15-29-31-23-26-12-13-27-23/h3-9,14-15H,2,10-13H2,1H3,(H2,24,25,30)(H2,26,27,31)/b7-3-,28-14+,29-15+. The smallest absolute Gasteiger partial charge is 0.212 e. The van der Waals surface area contributed by atoms with Crippen LogP contribution in [-0.2, 0) is 0 Å². The number of hydrogen-bond acceptors (Lipinski definition) is 8. The van der Waals surface area contributed by atoms with E-state index in [2.05, 4.69) is 66.5 Å². The summed E-state index contributed by atoms with van der Waals surface area (Å²) in [7, 11) is 0. The number of benzene rings is 2. The van der Waals surface area contributed by atoms with Gasteiger partial charge in [0.25, 0.3) is 0 Å². The van der Waals surface area contributed by atoms with Crippen molar-refractivity contribution in [3.05, 3.63) is 59.2 Å². The van der Waals surface area contributed by atoms with Gasteiger partial charge >= 0.3 is 0 Å². The SMILES string of the molecule is C=Cc1c(/C=C\C)c(/C=N/NC2=NCCN2)c2ccccc2c1/C=N/NC1=NCCN1. The number of nitrogens with zero attached hydrogens (tertiary/aromatic N) is 4. The summed E-state index contributed by atoms with van der Waals surface area (Å²) >= 11 is 0. The van der Waals surface area contributed by atoms with E-state index < -0.39 is 0 Å². The predicted octanol–water partition coefficient (Wildman–Crippen LogP) is 2.28. The molecule has 0 atom stereocenters. The van der Waals surface area contributed by atoms with Crippen LogP contribution in [0.3, 0.4) is 0 Å². The maximum absolute atomic E-state index is 4.43. The molecule has 8 nitrogen and oxygen atoms in total. The van der Waals surface area contributed by atoms with Gasteiger partial charge in [0.1, 0.15) is 0 Å². The lowest BCUT2D eigenvalue weighted by Crippen LogP contribution is -2.30. The summed E-state index contributed by atoms with van der Waals surface area (Å²) < 4.78 is 0. The Bertz CT molecular complexity index is 1120. The summed E-state index contributed by atoms with van der Waals surface area (Å²) in [6.07, 6.45) is 9.61. The van der Waals surface area contributed by atoms with Crippen molar-refractivity contribution >= 4 is 47.3 Å². The van der Waals surface area contributed by atoms with Crippen molar-refractivity contribution in [2.45, 2.75) is 6.92 Å². The Balaban J connectivity index is 1.79. The molecule has 8 heteroatoms. The molecule has 2 aliphatic rings. The molecule has 2 heterocycles. The van der Waals surface area contributed by atoms with Crippen molar-refractivity contribution in [1.29, 1.82) is 0 Å². The number of guanidine groups is 2. The number of fused-ring (bicyclic) bond motifs is 1. The second kappa shape index (κ2) is 9.71. The zero-order valence-electron chi connectivity index (χ0n) is 17.5. The van der Waals surface area contributed by atoms with Crippen LogP contribution in [0.25, 0.3) is 22.9 Å². The molecular weight excluding hydrogens is 388 g/mol. The fourth-order valence-corrected chi connectivity index (χ4v) is 3.64. The molecule has 0 radical (unpaired) electrons. The fourth-order valence-electron chi connectivity index (χ4n) is 3.64. The Labute approximate surface area is 181 Å². The molecule has 2 aromatic carbocycles. The van der Waals surface area contributed by atoms with E-state index in [1.807, 2.05) is 43.6 Å². The molecule has 4 N–H and O–H groups in total. The third-order valence-electron chi connectivity index (χ3n) is 4.99. The van der Waals surface area contributed by atoms with E-state index in [9.17, 15) is 0 Å². The van der Waals surface area contributed by atoms with Gasteiger partial charge < -0.3 is 10.6 Å². The van der Waals surface area contributed by atoms with Gasteiger partial charge in [-0.25, -0.2) is 20.8 Å². The minimum atomic E-state index is 0.688. The monoisotopic (exact) mass is 414 g/mol. The molecule has 2 aromatic rings. The molecule has 31 heavy (non-hydrogen) atoms. The van der Waals surface area contributed by atoms with E-state index in [1.54, 1.807) is 0 Å². The summed E-state index contributed by atoms with van der Waals surface area (Å²) in [6, 6.07) is 8.23. The quantitative estimate of drug-likeness (QED) is 0.431. The highest BCUT2D eigenvalue weighted by Crippen LogP contribution is 2.31. The number of aliphatic imine (C=N–C) groups is 2. The van der Waals surface area contributed by atoms with Crippen molar-refractivity contribution < 1.29 is 0 Å². The van der Waals surface area contributed by atoms with E-state index in [1.165, 1.54) is 0 Å². The molecule has 0 spiro atoms. The van der Waals surface area contributed by atoms with Crippen molar-refractivity contribution in [1.82, 2.24) is 21.5 Å². The highest BCUT2D eigenvalue weighted by Gasteiger charge is 2.15. The minimum Gasteiger partial charge on any atom is -0.353 e. The van der Waals surface area contributed by atoms with Crippen LogP contribution in [0.2, 0.25) is 0 Å². The fraction of sp³-hybridized carbons (Fsp3) is 0.217. The summed E-state index contributed by atoms with van der Waals surface area (Å²) in [5.41, 5.74) is 9.96. The van der Waals surface area contributed by atoms with Gasteiger partial charge in [-0.05, 0) is 28.8 Å². The lowest BCUT2D eigenvalue weighted by atomic mass is 9.89. The molecule has 0 bridgehead atoms. The molecule has 0 fully saturated rings. The third kappa shape index (κ3) is 4.48. The molecular formula is C23H26N8. The van der Waals surface area contributed by atoms with E-state index in [4.69, 9.17) is 0 Å². The zero-order valence-corrected chi connectivity index (χ0v) is 17.5. The Morgan fingerprint density at radius 3 is 1.87 bits per heavy atom. The summed E-state index contributed by atoms with van der Waals surface area (Å²) in [6.45, 7) is 9.24. The van der Waals surface area contributed by atoms with E-state index in [0.717, 1.165) is 59.2 Å². The van der Waals surface area contributed by atoms with Crippen LogP contribution in [0.4, 0.5) is 0 Å². The number of allylic oxidation sites excluding steroid dienone is 1. The lowest BCUT2D eigenvalue weighted by Gasteiger charge is -2.15. The van der Waals surface area contributed by atoms with Crippen molar-refractivity contribution in [3.63, 3.8) is 0 Å². The first-order valence-corrected chi connectivity index (χ1v) is 10.3. The van der Waals surface area contributed by atoms with Crippen LogP contribution in [0.1, 0.15) is 29.2 Å². The van der Waals surface area contributed by atoms with Crippen molar-refractivity contribution in [2.75, 3.05) is 26.2 Å². The van der Waals surface area contributed by atoms with Crippen LogP contribution in [0.5, 0.6) is 0 Å². The molecule has 0 saturated carbocycles. The second-order valence-corrected chi connectivity index (χ2v) is 6.96. The molecule has 0 aliphatic carbocycles. The Hall–Kier alpha value is -3.94. The molecule has 0 aromatic heterocycles. The summed E-state index contributed by atoms with van der Waals surface area (Å²) in [5, 5.41) is 17.3. The first-order chi connectivity index (χ1) is 15.3. The van der Waals surface area contributed by atoms with Gasteiger partial charge in [0.15, 0.2) is 0 Å². The summed E-state index contributed by atoms with van der Waals surface area (Å²) in [4.78, 5) is 8.62. The van der Waals surface area contributed by atoms with Crippen molar-refractivity contribution in [3.8, 4) is 0 Å². The van der Waals surface area contributed by atoms with Crippen molar-refractivity contribution in [2.24, 2.45) is 20.2 Å². The van der Waals surface area contributed by atoms with Gasteiger partial charge in [-0.2, -0.15) is 10.2 Å². The highest BCUT2D eigenvalue weighted by molar-refractivity contribution is 6.13. The van der Waals surface area contributed by atoms with Gasteiger partial charge in [0.2, 0.25) is 11.9 Å². The second-order valence-electron chi connectivity index (χ2n) is 6.96. The third-order valence-corrected chi connectivity index (χ3v) is 4.99. The Kier molecular flexibility index (Phi) is 6.37. The van der Waals surface area contributed by atoms with Gasteiger partial charge in [0, 0.05) is 24.2 Å². The minimum absolute atomic E-state index is 0.688. The highest BCUT2D eigenvalue weighted by atomic mass is 15.4. The molecule has 0 unspecified atom stereocenters. The normalized spacial score (nSPS) is 16.0. The Morgan fingerprint density at radius 1 is 0.871 bits per heavy atom. The van der Waals surface area contributed by atoms with E-state index in [-0.39, 0.29) is 0 Å². The Morgan fingerprint density at radius 2 is 1.42 bits per heavy atom. The average molecular weight is 415 g/mol. The molecule has 2 aliphatic heterocycles. The molecule has 0 saturated heterocycles. The maximum atomic E-state index is 4.43. The first-order valence-electron chi connectivity index (χ1n) is 10.3.